The van der Waals surface area contributed by atoms with E-state index >= 15 is 0 Å². The van der Waals surface area contributed by atoms with Crippen LogP contribution in [0.25, 0.3) is 10.9 Å². The molecule has 0 unspecified atom stereocenters. The molecule has 0 aliphatic heterocycles. The average Bonchev–Trinajstić information content (AvgIpc) is 3.28. The lowest BCUT2D eigenvalue weighted by Crippen LogP contribution is -2.17. The van der Waals surface area contributed by atoms with Crippen LogP contribution in [-0.4, -0.2) is 32.4 Å². The van der Waals surface area contributed by atoms with Crippen molar-refractivity contribution in [2.24, 2.45) is 7.05 Å². The van der Waals surface area contributed by atoms with E-state index in [0.29, 0.717) is 17.8 Å². The number of carbonyl (C=O) groups is 1. The first-order valence-corrected chi connectivity index (χ1v) is 9.73. The van der Waals surface area contributed by atoms with Crippen LogP contribution in [0.1, 0.15) is 27.3 Å². The van der Waals surface area contributed by atoms with Crippen LogP contribution < -0.4 is 10.6 Å². The molecule has 0 saturated heterocycles. The highest BCUT2D eigenvalue weighted by molar-refractivity contribution is 6.05. The average molecular weight is 406 g/mol. The lowest BCUT2D eigenvalue weighted by atomic mass is 10.1. The largest absolute Gasteiger partial charge is 0.358 e. The maximum absolute atomic E-state index is 13.1. The van der Waals surface area contributed by atoms with Gasteiger partial charge in [0.15, 0.2) is 0 Å². The van der Waals surface area contributed by atoms with Crippen molar-refractivity contribution in [3.8, 4) is 0 Å². The molecule has 0 atom stereocenters. The van der Waals surface area contributed by atoms with Gasteiger partial charge in [0.25, 0.3) is 5.91 Å². The standard InChI is InChI=1S/C22H23FN6O/c1-14-19(9-10-24-12-18-13-29(2)28-27-18)20-11-17(7-8-21(20)25-14)26-22(30)15-3-5-16(23)6-4-15/h3-8,11,13,24-25H,9-10,12H2,1-2H3,(H,26,30). The lowest BCUT2D eigenvalue weighted by molar-refractivity contribution is 0.102. The van der Waals surface area contributed by atoms with Gasteiger partial charge in [-0.05, 0) is 67.9 Å². The van der Waals surface area contributed by atoms with E-state index < -0.39 is 0 Å². The first-order valence-electron chi connectivity index (χ1n) is 9.73. The fraction of sp³-hybridized carbons (Fsp3) is 0.227. The Morgan fingerprint density at radius 2 is 2.00 bits per heavy atom. The first-order chi connectivity index (χ1) is 14.5. The Morgan fingerprint density at radius 1 is 1.20 bits per heavy atom. The highest BCUT2D eigenvalue weighted by Crippen LogP contribution is 2.26. The highest BCUT2D eigenvalue weighted by Gasteiger charge is 2.11. The van der Waals surface area contributed by atoms with Gasteiger partial charge < -0.3 is 15.6 Å². The maximum atomic E-state index is 13.1. The Morgan fingerprint density at radius 3 is 2.73 bits per heavy atom. The Kier molecular flexibility index (Phi) is 5.58. The number of aromatic amines is 1. The molecule has 0 spiro atoms. The van der Waals surface area contributed by atoms with E-state index in [1.165, 1.54) is 29.8 Å². The predicted octanol–water partition coefficient (Wildman–Crippen LogP) is 3.33. The van der Waals surface area contributed by atoms with Gasteiger partial charge in [0.2, 0.25) is 0 Å². The molecule has 2 heterocycles. The summed E-state index contributed by atoms with van der Waals surface area (Å²) in [4.78, 5) is 15.8. The quantitative estimate of drug-likeness (QED) is 0.411. The summed E-state index contributed by atoms with van der Waals surface area (Å²) in [6.45, 7) is 3.50. The molecule has 154 valence electrons. The number of anilines is 1. The molecule has 7 nitrogen and oxygen atoms in total. The number of halogens is 1. The molecule has 0 bridgehead atoms. The molecule has 0 aliphatic carbocycles. The van der Waals surface area contributed by atoms with Crippen LogP contribution in [0, 0.1) is 12.7 Å². The molecule has 2 aromatic heterocycles. The third-order valence-corrected chi connectivity index (χ3v) is 4.99. The second-order valence-electron chi connectivity index (χ2n) is 7.26. The third kappa shape index (κ3) is 4.38. The number of H-pyrrole nitrogens is 1. The monoisotopic (exact) mass is 406 g/mol. The van der Waals surface area contributed by atoms with Gasteiger partial charge in [0.1, 0.15) is 5.82 Å². The van der Waals surface area contributed by atoms with Crippen molar-refractivity contribution in [1.29, 1.82) is 0 Å². The first kappa shape index (κ1) is 19.8. The second-order valence-corrected chi connectivity index (χ2v) is 7.26. The molecular weight excluding hydrogens is 383 g/mol. The summed E-state index contributed by atoms with van der Waals surface area (Å²) in [5, 5.41) is 15.4. The fourth-order valence-corrected chi connectivity index (χ4v) is 3.49. The molecule has 3 N–H and O–H groups in total. The number of nitrogens with one attached hydrogen (secondary N) is 3. The van der Waals surface area contributed by atoms with E-state index in [2.05, 4.69) is 32.9 Å². The maximum Gasteiger partial charge on any atom is 0.255 e. The number of amides is 1. The summed E-state index contributed by atoms with van der Waals surface area (Å²) in [6.07, 6.45) is 2.72. The number of carbonyl (C=O) groups excluding carboxylic acids is 1. The summed E-state index contributed by atoms with van der Waals surface area (Å²) in [6, 6.07) is 11.3. The van der Waals surface area contributed by atoms with Crippen molar-refractivity contribution < 1.29 is 9.18 Å². The molecule has 30 heavy (non-hydrogen) atoms. The van der Waals surface area contributed by atoms with Crippen LogP contribution in [0.4, 0.5) is 10.1 Å². The van der Waals surface area contributed by atoms with Gasteiger partial charge >= 0.3 is 0 Å². The molecule has 0 radical (unpaired) electrons. The summed E-state index contributed by atoms with van der Waals surface area (Å²) < 4.78 is 14.8. The molecule has 1 amide bonds. The van der Waals surface area contributed by atoms with E-state index in [0.717, 1.165) is 35.3 Å². The van der Waals surface area contributed by atoms with E-state index in [4.69, 9.17) is 0 Å². The van der Waals surface area contributed by atoms with Crippen molar-refractivity contribution in [3.63, 3.8) is 0 Å². The van der Waals surface area contributed by atoms with Crippen molar-refractivity contribution >= 4 is 22.5 Å². The van der Waals surface area contributed by atoms with Gasteiger partial charge in [-0.1, -0.05) is 5.21 Å². The van der Waals surface area contributed by atoms with Gasteiger partial charge in [-0.15, -0.1) is 5.10 Å². The Balaban J connectivity index is 1.45. The predicted molar refractivity (Wildman–Crippen MR) is 114 cm³/mol. The molecule has 4 aromatic rings. The van der Waals surface area contributed by atoms with E-state index in [1.54, 1.807) is 4.68 Å². The fourth-order valence-electron chi connectivity index (χ4n) is 3.49. The minimum Gasteiger partial charge on any atom is -0.358 e. The van der Waals surface area contributed by atoms with Crippen molar-refractivity contribution in [2.75, 3.05) is 11.9 Å². The number of nitrogens with zero attached hydrogens (tertiary/aromatic N) is 3. The van der Waals surface area contributed by atoms with Gasteiger partial charge in [0, 0.05) is 47.6 Å². The topological polar surface area (TPSA) is 87.6 Å². The van der Waals surface area contributed by atoms with Crippen LogP contribution in [0.3, 0.4) is 0 Å². The van der Waals surface area contributed by atoms with E-state index in [1.807, 2.05) is 31.4 Å². The van der Waals surface area contributed by atoms with Crippen LogP contribution in [0.5, 0.6) is 0 Å². The molecular formula is C22H23FN6O. The molecule has 4 rings (SSSR count). The van der Waals surface area contributed by atoms with Crippen LogP contribution in [-0.2, 0) is 20.0 Å². The number of rotatable bonds is 7. The highest BCUT2D eigenvalue weighted by atomic mass is 19.1. The number of fused-ring (bicyclic) bond motifs is 1. The summed E-state index contributed by atoms with van der Waals surface area (Å²) in [5.41, 5.74) is 5.35. The zero-order chi connectivity index (χ0) is 21.1. The van der Waals surface area contributed by atoms with Gasteiger partial charge in [-0.2, -0.15) is 0 Å². The summed E-state index contributed by atoms with van der Waals surface area (Å²) in [7, 11) is 1.85. The summed E-state index contributed by atoms with van der Waals surface area (Å²) >= 11 is 0. The van der Waals surface area contributed by atoms with Gasteiger partial charge in [0.05, 0.1) is 5.69 Å². The third-order valence-electron chi connectivity index (χ3n) is 4.99. The molecule has 8 heteroatoms. The van der Waals surface area contributed by atoms with Crippen LogP contribution in [0.2, 0.25) is 0 Å². The Bertz CT molecular complexity index is 1180. The minimum absolute atomic E-state index is 0.270. The van der Waals surface area contributed by atoms with Gasteiger partial charge in [-0.3, -0.25) is 9.48 Å². The number of benzene rings is 2. The zero-order valence-electron chi connectivity index (χ0n) is 16.9. The second kappa shape index (κ2) is 8.46. The van der Waals surface area contributed by atoms with Crippen LogP contribution in [0.15, 0.2) is 48.7 Å². The smallest absolute Gasteiger partial charge is 0.255 e. The van der Waals surface area contributed by atoms with Crippen molar-refractivity contribution in [2.45, 2.75) is 19.9 Å². The molecule has 0 aliphatic rings. The normalized spacial score (nSPS) is 11.2. The van der Waals surface area contributed by atoms with Crippen molar-refractivity contribution in [1.82, 2.24) is 25.3 Å². The summed E-state index contributed by atoms with van der Waals surface area (Å²) in [5.74, 6) is -0.637. The number of hydrogen-bond donors (Lipinski definition) is 3. The molecule has 0 saturated carbocycles. The zero-order valence-corrected chi connectivity index (χ0v) is 16.9. The minimum atomic E-state index is -0.367. The Labute approximate surface area is 173 Å². The SMILES string of the molecule is Cc1[nH]c2ccc(NC(=O)c3ccc(F)cc3)cc2c1CCNCc1cn(C)nn1. The molecule has 0 fully saturated rings. The van der Waals surface area contributed by atoms with Gasteiger partial charge in [-0.25, -0.2) is 4.39 Å². The Hall–Kier alpha value is -3.52. The van der Waals surface area contributed by atoms with Crippen LogP contribution >= 0.6 is 0 Å². The number of aryl methyl sites for hydroxylation is 2. The van der Waals surface area contributed by atoms with Crippen molar-refractivity contribution in [3.05, 3.63) is 77.0 Å². The van der Waals surface area contributed by atoms with E-state index in [-0.39, 0.29) is 11.7 Å². The number of aromatic nitrogens is 4. The lowest BCUT2D eigenvalue weighted by Gasteiger charge is -2.07. The number of hydrogen-bond acceptors (Lipinski definition) is 4. The molecule has 2 aromatic carbocycles. The van der Waals surface area contributed by atoms with E-state index in [9.17, 15) is 9.18 Å².